The van der Waals surface area contributed by atoms with Crippen molar-refractivity contribution in [1.29, 1.82) is 0 Å². The highest BCUT2D eigenvalue weighted by atomic mass is 19.5. The molecule has 3 aromatic rings. The van der Waals surface area contributed by atoms with Crippen LogP contribution in [0.25, 0.3) is 21.8 Å². The fourth-order valence-electron chi connectivity index (χ4n) is 4.18. The van der Waals surface area contributed by atoms with Crippen molar-refractivity contribution >= 4 is 52.1 Å². The first-order valence-corrected chi connectivity index (χ1v) is 14.6. The maximum absolute atomic E-state index is 10.5. The van der Waals surface area contributed by atoms with Crippen molar-refractivity contribution < 1.29 is 84.0 Å². The molecule has 1 aromatic heterocycles. The Hall–Kier alpha value is -4.59. The van der Waals surface area contributed by atoms with Crippen LogP contribution >= 0.6 is 0 Å². The van der Waals surface area contributed by atoms with Gasteiger partial charge in [-0.15, -0.1) is 0 Å². The van der Waals surface area contributed by atoms with E-state index in [4.69, 9.17) is 29.7 Å². The van der Waals surface area contributed by atoms with Gasteiger partial charge in [0.1, 0.15) is 5.97 Å². The number of carboxylic acids is 1. The van der Waals surface area contributed by atoms with Crippen molar-refractivity contribution in [3.63, 3.8) is 0 Å². The van der Waals surface area contributed by atoms with E-state index in [-0.39, 0.29) is 0 Å². The molecule has 0 aliphatic rings. The molecule has 0 aliphatic heterocycles. The minimum Gasteiger partial charge on any atom is -0.554 e. The molecule has 0 saturated heterocycles. The highest BCUT2D eigenvalue weighted by molar-refractivity contribution is 5.91. The van der Waals surface area contributed by atoms with Gasteiger partial charge in [-0.1, -0.05) is 0 Å². The van der Waals surface area contributed by atoms with Crippen LogP contribution in [0.5, 0.6) is 0 Å². The summed E-state index contributed by atoms with van der Waals surface area (Å²) in [4.78, 5) is 29.7. The summed E-state index contributed by atoms with van der Waals surface area (Å²) in [6, 6.07) is 15.9. The number of quaternary nitrogens is 2. The molecule has 0 fully saturated rings. The molecule has 0 unspecified atom stereocenters. The number of rotatable bonds is 9. The summed E-state index contributed by atoms with van der Waals surface area (Å²) in [5.41, 5.74) is 9.12. The third kappa shape index (κ3) is 18.3. The number of fused-ring (bicyclic) bond motifs is 2. The average molecular weight is 752 g/mol. The number of pyridine rings is 1. The van der Waals surface area contributed by atoms with Crippen molar-refractivity contribution in [2.24, 2.45) is 0 Å². The van der Waals surface area contributed by atoms with Gasteiger partial charge in [-0.05, 0) is 30.3 Å². The lowest BCUT2D eigenvalue weighted by atomic mass is 10.1. The van der Waals surface area contributed by atoms with Crippen LogP contribution < -0.4 is 35.4 Å². The van der Waals surface area contributed by atoms with Crippen LogP contribution in [0.3, 0.4) is 0 Å². The first-order chi connectivity index (χ1) is 23.2. The first kappa shape index (κ1) is 48.5. The zero-order chi connectivity index (χ0) is 40.4. The molecule has 51 heavy (non-hydrogen) atoms. The Morgan fingerprint density at radius 3 is 1.35 bits per heavy atom. The molecule has 3 rings (SSSR count). The number of carbonyl (C=O) groups is 3. The summed E-state index contributed by atoms with van der Waals surface area (Å²) in [7, 11) is 13.1. The number of nitrogens with zero attached hydrogens (tertiary/aromatic N) is 4. The second-order valence-corrected chi connectivity index (χ2v) is 11.5. The van der Waals surface area contributed by atoms with Gasteiger partial charge in [0.25, 0.3) is 0 Å². The summed E-state index contributed by atoms with van der Waals surface area (Å²) in [6.45, 7) is 3.41. The molecule has 1 heterocycles. The molecule has 0 radical (unpaired) electrons. The number of benzene rings is 2. The Kier molecular flexibility index (Phi) is 20.5. The molecule has 0 amide bonds. The fraction of sp³-hybridized carbons (Fsp3) is 0.484. The lowest BCUT2D eigenvalue weighted by Gasteiger charge is -2.29. The molecule has 0 saturated carbocycles. The zero-order valence-corrected chi connectivity index (χ0v) is 28.8. The fourth-order valence-corrected chi connectivity index (χ4v) is 4.18. The number of aliphatic carboxylic acids is 1. The Morgan fingerprint density at radius 2 is 1.08 bits per heavy atom. The molecular weight excluding hydrogens is 709 g/mol. The Balaban J connectivity index is 0. The van der Waals surface area contributed by atoms with Crippen molar-refractivity contribution in [3.05, 3.63) is 42.5 Å². The SMILES string of the molecule is CN(C)c1ccc2cc3ccc(N(C)C)cc3[n+](CCC[N+](C)(C)CCC[NH3+])c2c1.FC(F)(F)C(F)(F)F.O=C([O-])C(F)(F)F.O=C[O-].O=C[O-]. The summed E-state index contributed by atoms with van der Waals surface area (Å²) in [5, 5.41) is 27.9. The Bertz CT molecular complexity index is 1430. The monoisotopic (exact) mass is 751 g/mol. The quantitative estimate of drug-likeness (QED) is 0.110. The molecule has 11 nitrogen and oxygen atoms in total. The van der Waals surface area contributed by atoms with E-state index in [9.17, 15) is 39.5 Å². The summed E-state index contributed by atoms with van der Waals surface area (Å²) < 4.78 is 97.8. The highest BCUT2D eigenvalue weighted by Crippen LogP contribution is 2.36. The van der Waals surface area contributed by atoms with Crippen LogP contribution in [-0.4, -0.2) is 104 Å². The van der Waals surface area contributed by atoms with E-state index < -0.39 is 37.4 Å². The minimum absolute atomic E-state index is 0.500. The second-order valence-electron chi connectivity index (χ2n) is 11.5. The van der Waals surface area contributed by atoms with Crippen LogP contribution in [0.15, 0.2) is 42.5 Å². The number of anilines is 2. The number of halogens is 9. The molecule has 0 spiro atoms. The molecule has 0 aliphatic carbocycles. The lowest BCUT2D eigenvalue weighted by molar-refractivity contribution is -0.893. The number of hydrogen-bond acceptors (Lipinski definition) is 8. The highest BCUT2D eigenvalue weighted by Gasteiger charge is 2.58. The van der Waals surface area contributed by atoms with Gasteiger partial charge in [0, 0.05) is 81.8 Å². The first-order valence-electron chi connectivity index (χ1n) is 14.6. The van der Waals surface area contributed by atoms with E-state index in [1.54, 1.807) is 0 Å². The third-order valence-electron chi connectivity index (χ3n) is 6.66. The molecule has 20 heteroatoms. The molecule has 290 valence electrons. The number of aryl methyl sites for hydroxylation is 1. The maximum atomic E-state index is 10.5. The maximum Gasteiger partial charge on any atom is 0.487 e. The Morgan fingerprint density at radius 1 is 0.745 bits per heavy atom. The summed E-state index contributed by atoms with van der Waals surface area (Å²) in [6.07, 6.45) is -15.0. The van der Waals surface area contributed by atoms with Crippen LogP contribution in [0, 0.1) is 0 Å². The average Bonchev–Trinajstić information content (AvgIpc) is 2.99. The van der Waals surface area contributed by atoms with E-state index in [0.717, 1.165) is 24.0 Å². The van der Waals surface area contributed by atoms with E-state index >= 15 is 0 Å². The van der Waals surface area contributed by atoms with E-state index in [2.05, 4.69) is 105 Å². The molecule has 0 atom stereocenters. The molecule has 3 N–H and O–H groups in total. The number of alkyl halides is 9. The normalized spacial score (nSPS) is 11.3. The zero-order valence-electron chi connectivity index (χ0n) is 28.8. The van der Waals surface area contributed by atoms with Gasteiger partial charge in [-0.2, -0.15) is 44.1 Å². The standard InChI is InChI=1S/C25H39N5.C2F6.C2HF3O2.2CH2O2/c1-27(2)22-11-9-20-17-21-10-12-23(28(3)4)19-25(21)29(24(20)18-22)14-8-16-30(5,6)15-7-13-26;3-1(4,5)2(6,7)8;3-2(4,5)1(6)7;2*2-1-3/h9-12,17-19H,7-8,13-16,26H2,1-6H3;;(H,6,7);2*1H,(H,2,3)/q+2;;;;/p-2. The third-order valence-corrected chi connectivity index (χ3v) is 6.66. The predicted octanol–water partition coefficient (Wildman–Crippen LogP) is 0.653. The van der Waals surface area contributed by atoms with Gasteiger partial charge >= 0.3 is 18.5 Å². The van der Waals surface area contributed by atoms with Crippen molar-refractivity contribution in [2.45, 2.75) is 37.9 Å². The second kappa shape index (κ2) is 21.6. The summed E-state index contributed by atoms with van der Waals surface area (Å²) >= 11 is 0. The van der Waals surface area contributed by atoms with Gasteiger partial charge in [0.05, 0.1) is 40.2 Å². The minimum atomic E-state index is -6.06. The molecule has 2 aromatic carbocycles. The van der Waals surface area contributed by atoms with Crippen LogP contribution in [-0.2, 0) is 20.9 Å². The topological polar surface area (TPSA) is 158 Å². The van der Waals surface area contributed by atoms with E-state index in [1.807, 2.05) is 0 Å². The molecule has 0 bridgehead atoms. The van der Waals surface area contributed by atoms with Crippen LogP contribution in [0.4, 0.5) is 50.9 Å². The Labute approximate surface area is 288 Å². The van der Waals surface area contributed by atoms with Crippen LogP contribution in [0.2, 0.25) is 0 Å². The summed E-state index contributed by atoms with van der Waals surface area (Å²) in [5.74, 6) is -3.01. The largest absolute Gasteiger partial charge is 0.554 e. The van der Waals surface area contributed by atoms with Gasteiger partial charge in [-0.3, -0.25) is 0 Å². The number of carboxylic acid groups (broad SMARTS) is 3. The van der Waals surface area contributed by atoms with Gasteiger partial charge < -0.3 is 49.7 Å². The van der Waals surface area contributed by atoms with E-state index in [1.165, 1.54) is 52.7 Å². The van der Waals surface area contributed by atoms with Gasteiger partial charge in [0.15, 0.2) is 6.54 Å². The number of hydrogen-bond donors (Lipinski definition) is 1. The lowest BCUT2D eigenvalue weighted by Crippen LogP contribution is -2.53. The predicted molar refractivity (Wildman–Crippen MR) is 164 cm³/mol. The van der Waals surface area contributed by atoms with Crippen LogP contribution in [0.1, 0.15) is 12.8 Å². The van der Waals surface area contributed by atoms with Crippen molar-refractivity contribution in [1.82, 2.24) is 0 Å². The number of carbonyl (C=O) groups excluding carboxylic acids is 3. The van der Waals surface area contributed by atoms with Gasteiger partial charge in [-0.25, -0.2) is 0 Å². The molecular formula is C31H42F9N5O6. The smallest absolute Gasteiger partial charge is 0.487 e. The van der Waals surface area contributed by atoms with Gasteiger partial charge in [0.2, 0.25) is 11.0 Å². The van der Waals surface area contributed by atoms with E-state index in [0.29, 0.717) is 0 Å². The number of aromatic nitrogens is 1. The van der Waals surface area contributed by atoms with Crippen molar-refractivity contribution in [3.8, 4) is 0 Å². The van der Waals surface area contributed by atoms with Crippen molar-refractivity contribution in [2.75, 3.05) is 71.7 Å².